The lowest BCUT2D eigenvalue weighted by molar-refractivity contribution is 0.239. The van der Waals surface area contributed by atoms with Gasteiger partial charge in [0, 0.05) is 17.4 Å². The fraction of sp³-hybridized carbons (Fsp3) is 0.278. The fourth-order valence-electron chi connectivity index (χ4n) is 2.63. The molecule has 0 bridgehead atoms. The predicted molar refractivity (Wildman–Crippen MR) is 85.6 cm³/mol. The zero-order valence-corrected chi connectivity index (χ0v) is 12.0. The summed E-state index contributed by atoms with van der Waals surface area (Å²) in [7, 11) is 0. The van der Waals surface area contributed by atoms with E-state index in [0.29, 0.717) is 13.0 Å². The van der Waals surface area contributed by atoms with E-state index in [1.807, 2.05) is 36.4 Å². The van der Waals surface area contributed by atoms with E-state index in [1.165, 1.54) is 0 Å². The maximum atomic E-state index is 7.47. The van der Waals surface area contributed by atoms with Gasteiger partial charge in [-0.3, -0.25) is 5.41 Å². The highest BCUT2D eigenvalue weighted by molar-refractivity contribution is 5.78. The molecule has 3 heteroatoms. The van der Waals surface area contributed by atoms with Gasteiger partial charge < -0.3 is 10.5 Å². The molecule has 108 valence electrons. The van der Waals surface area contributed by atoms with Crippen molar-refractivity contribution in [3.05, 3.63) is 54.6 Å². The molecule has 0 heterocycles. The highest BCUT2D eigenvalue weighted by atomic mass is 16.5. The number of benzene rings is 2. The number of nitrogens with two attached hydrogens (primary N) is 1. The number of hydrogen-bond donors (Lipinski definition) is 2. The average Bonchev–Trinajstić information content (AvgIpc) is 3.25. The van der Waals surface area contributed by atoms with Gasteiger partial charge >= 0.3 is 0 Å². The van der Waals surface area contributed by atoms with Crippen LogP contribution in [-0.4, -0.2) is 12.4 Å². The SMILES string of the molecule is N=C(N)CC1(COc2ccccc2-c2ccccc2)CC1. The van der Waals surface area contributed by atoms with Crippen LogP contribution in [0.25, 0.3) is 11.1 Å². The summed E-state index contributed by atoms with van der Waals surface area (Å²) in [4.78, 5) is 0. The number of nitrogens with one attached hydrogen (secondary N) is 1. The van der Waals surface area contributed by atoms with Crippen LogP contribution < -0.4 is 10.5 Å². The van der Waals surface area contributed by atoms with Crippen LogP contribution in [0, 0.1) is 10.8 Å². The summed E-state index contributed by atoms with van der Waals surface area (Å²) < 4.78 is 6.07. The number of para-hydroxylation sites is 1. The van der Waals surface area contributed by atoms with E-state index in [0.717, 1.165) is 29.7 Å². The van der Waals surface area contributed by atoms with Crippen LogP contribution in [-0.2, 0) is 0 Å². The Kier molecular flexibility index (Phi) is 3.65. The molecule has 21 heavy (non-hydrogen) atoms. The van der Waals surface area contributed by atoms with Crippen molar-refractivity contribution in [2.45, 2.75) is 19.3 Å². The second-order valence-electron chi connectivity index (χ2n) is 5.85. The highest BCUT2D eigenvalue weighted by Crippen LogP contribution is 2.49. The Morgan fingerprint density at radius 3 is 2.38 bits per heavy atom. The zero-order chi connectivity index (χ0) is 14.7. The summed E-state index contributed by atoms with van der Waals surface area (Å²) in [6.45, 7) is 0.635. The summed E-state index contributed by atoms with van der Waals surface area (Å²) in [6.07, 6.45) is 2.83. The van der Waals surface area contributed by atoms with Gasteiger partial charge in [0.05, 0.1) is 12.4 Å². The lowest BCUT2D eigenvalue weighted by atomic mass is 10.0. The van der Waals surface area contributed by atoms with Gasteiger partial charge in [0.25, 0.3) is 0 Å². The molecule has 1 saturated carbocycles. The van der Waals surface area contributed by atoms with E-state index in [4.69, 9.17) is 15.9 Å². The summed E-state index contributed by atoms with van der Waals surface area (Å²) in [6, 6.07) is 18.4. The molecular formula is C18H20N2O. The molecule has 0 radical (unpaired) electrons. The van der Waals surface area contributed by atoms with E-state index in [2.05, 4.69) is 18.2 Å². The summed E-state index contributed by atoms with van der Waals surface area (Å²) >= 11 is 0. The quantitative estimate of drug-likeness (QED) is 0.624. The molecule has 1 aliphatic carbocycles. The minimum Gasteiger partial charge on any atom is -0.492 e. The Bertz CT molecular complexity index is 633. The van der Waals surface area contributed by atoms with Crippen molar-refractivity contribution in [1.29, 1.82) is 5.41 Å². The van der Waals surface area contributed by atoms with Crippen molar-refractivity contribution in [1.82, 2.24) is 0 Å². The Labute approximate surface area is 125 Å². The molecule has 0 saturated heterocycles. The van der Waals surface area contributed by atoms with Crippen LogP contribution in [0.2, 0.25) is 0 Å². The molecule has 2 aromatic rings. The van der Waals surface area contributed by atoms with Crippen molar-refractivity contribution in [3.8, 4) is 16.9 Å². The maximum Gasteiger partial charge on any atom is 0.127 e. The van der Waals surface area contributed by atoms with Crippen LogP contribution in [0.3, 0.4) is 0 Å². The topological polar surface area (TPSA) is 59.1 Å². The average molecular weight is 280 g/mol. The van der Waals surface area contributed by atoms with Gasteiger partial charge in [-0.1, -0.05) is 48.5 Å². The number of hydrogen-bond acceptors (Lipinski definition) is 2. The first-order chi connectivity index (χ1) is 10.2. The van der Waals surface area contributed by atoms with Crippen molar-refractivity contribution >= 4 is 5.84 Å². The van der Waals surface area contributed by atoms with Gasteiger partial charge in [0.1, 0.15) is 5.75 Å². The standard InChI is InChI=1S/C18H20N2O/c19-17(20)12-18(10-11-18)13-21-16-9-5-4-8-15(16)14-6-2-1-3-7-14/h1-9H,10-13H2,(H3,19,20). The Balaban J connectivity index is 1.76. The van der Waals surface area contributed by atoms with Gasteiger partial charge in [-0.2, -0.15) is 0 Å². The van der Waals surface area contributed by atoms with Crippen LogP contribution in [0.5, 0.6) is 5.75 Å². The second kappa shape index (κ2) is 5.60. The number of ether oxygens (including phenoxy) is 1. The summed E-state index contributed by atoms with van der Waals surface area (Å²) in [5.74, 6) is 1.16. The monoisotopic (exact) mass is 280 g/mol. The van der Waals surface area contributed by atoms with Crippen molar-refractivity contribution < 1.29 is 4.74 Å². The van der Waals surface area contributed by atoms with Crippen LogP contribution in [0.1, 0.15) is 19.3 Å². The van der Waals surface area contributed by atoms with Crippen LogP contribution in [0.4, 0.5) is 0 Å². The smallest absolute Gasteiger partial charge is 0.127 e. The first kappa shape index (κ1) is 13.7. The highest BCUT2D eigenvalue weighted by Gasteiger charge is 2.44. The van der Waals surface area contributed by atoms with Crippen molar-refractivity contribution in [2.24, 2.45) is 11.1 Å². The van der Waals surface area contributed by atoms with E-state index in [9.17, 15) is 0 Å². The molecule has 1 aliphatic rings. The summed E-state index contributed by atoms with van der Waals surface area (Å²) in [5.41, 5.74) is 7.89. The van der Waals surface area contributed by atoms with Crippen LogP contribution >= 0.6 is 0 Å². The largest absolute Gasteiger partial charge is 0.492 e. The van der Waals surface area contributed by atoms with E-state index < -0.39 is 0 Å². The number of amidine groups is 1. The van der Waals surface area contributed by atoms with Crippen molar-refractivity contribution in [2.75, 3.05) is 6.61 Å². The van der Waals surface area contributed by atoms with Crippen LogP contribution in [0.15, 0.2) is 54.6 Å². The minimum absolute atomic E-state index is 0.0929. The third-order valence-electron chi connectivity index (χ3n) is 4.03. The van der Waals surface area contributed by atoms with E-state index in [1.54, 1.807) is 0 Å². The Morgan fingerprint density at radius 1 is 1.05 bits per heavy atom. The first-order valence-electron chi connectivity index (χ1n) is 7.29. The minimum atomic E-state index is 0.0929. The zero-order valence-electron chi connectivity index (χ0n) is 12.0. The molecular weight excluding hydrogens is 260 g/mol. The summed E-state index contributed by atoms with van der Waals surface area (Å²) in [5, 5.41) is 7.47. The molecule has 0 amide bonds. The first-order valence-corrected chi connectivity index (χ1v) is 7.29. The van der Waals surface area contributed by atoms with Crippen molar-refractivity contribution in [3.63, 3.8) is 0 Å². The maximum absolute atomic E-state index is 7.47. The van der Waals surface area contributed by atoms with Gasteiger partial charge in [-0.15, -0.1) is 0 Å². The van der Waals surface area contributed by atoms with E-state index in [-0.39, 0.29) is 11.3 Å². The lowest BCUT2D eigenvalue weighted by Gasteiger charge is -2.17. The lowest BCUT2D eigenvalue weighted by Crippen LogP contribution is -2.21. The van der Waals surface area contributed by atoms with Gasteiger partial charge in [-0.05, 0) is 24.5 Å². The van der Waals surface area contributed by atoms with Gasteiger partial charge in [0.2, 0.25) is 0 Å². The molecule has 3 rings (SSSR count). The fourth-order valence-corrected chi connectivity index (χ4v) is 2.63. The molecule has 3 nitrogen and oxygen atoms in total. The predicted octanol–water partition coefficient (Wildman–Crippen LogP) is 3.84. The molecule has 1 fully saturated rings. The molecule has 0 atom stereocenters. The molecule has 0 unspecified atom stereocenters. The second-order valence-corrected chi connectivity index (χ2v) is 5.85. The molecule has 0 aliphatic heterocycles. The third-order valence-corrected chi connectivity index (χ3v) is 4.03. The molecule has 3 N–H and O–H groups in total. The Hall–Kier alpha value is -2.29. The molecule has 0 spiro atoms. The van der Waals surface area contributed by atoms with Gasteiger partial charge in [-0.25, -0.2) is 0 Å². The van der Waals surface area contributed by atoms with Gasteiger partial charge in [0.15, 0.2) is 0 Å². The molecule has 2 aromatic carbocycles. The Morgan fingerprint density at radius 2 is 1.71 bits per heavy atom. The normalized spacial score (nSPS) is 15.4. The number of rotatable bonds is 6. The molecule has 0 aromatic heterocycles. The third kappa shape index (κ3) is 3.24. The van der Waals surface area contributed by atoms with E-state index >= 15 is 0 Å².